The van der Waals surface area contributed by atoms with Gasteiger partial charge in [-0.05, 0) is 18.9 Å². The lowest BCUT2D eigenvalue weighted by molar-refractivity contribution is 0.469. The SMILES string of the molecule is CCC(C)CCCCCCCCCCCN. The Bertz CT molecular complexity index is 123. The zero-order chi connectivity index (χ0) is 12.1. The molecule has 1 atom stereocenters. The van der Waals surface area contributed by atoms with Crippen LogP contribution in [0.25, 0.3) is 0 Å². The maximum absolute atomic E-state index is 5.46. The van der Waals surface area contributed by atoms with E-state index >= 15 is 0 Å². The molecule has 1 unspecified atom stereocenters. The third kappa shape index (κ3) is 12.0. The minimum Gasteiger partial charge on any atom is -0.330 e. The molecule has 0 aliphatic carbocycles. The van der Waals surface area contributed by atoms with Crippen LogP contribution in [0.1, 0.15) is 84.5 Å². The van der Waals surface area contributed by atoms with Crippen LogP contribution in [0.3, 0.4) is 0 Å². The van der Waals surface area contributed by atoms with Gasteiger partial charge in [-0.25, -0.2) is 0 Å². The molecule has 1 nitrogen and oxygen atoms in total. The third-order valence-electron chi connectivity index (χ3n) is 3.60. The van der Waals surface area contributed by atoms with Gasteiger partial charge in [-0.15, -0.1) is 0 Å². The first kappa shape index (κ1) is 16.0. The quantitative estimate of drug-likeness (QED) is 0.472. The molecule has 16 heavy (non-hydrogen) atoms. The van der Waals surface area contributed by atoms with Crippen LogP contribution in [0.5, 0.6) is 0 Å². The van der Waals surface area contributed by atoms with Gasteiger partial charge in [0.1, 0.15) is 0 Å². The largest absolute Gasteiger partial charge is 0.330 e. The van der Waals surface area contributed by atoms with Crippen LogP contribution >= 0.6 is 0 Å². The Labute approximate surface area is 103 Å². The fourth-order valence-corrected chi connectivity index (χ4v) is 2.08. The lowest BCUT2D eigenvalue weighted by atomic mass is 9.99. The van der Waals surface area contributed by atoms with E-state index in [2.05, 4.69) is 13.8 Å². The summed E-state index contributed by atoms with van der Waals surface area (Å²) in [7, 11) is 0. The smallest absolute Gasteiger partial charge is 0.00773 e. The highest BCUT2D eigenvalue weighted by molar-refractivity contribution is 4.52. The van der Waals surface area contributed by atoms with Crippen LogP contribution in [0.2, 0.25) is 0 Å². The van der Waals surface area contributed by atoms with E-state index in [4.69, 9.17) is 5.73 Å². The van der Waals surface area contributed by atoms with E-state index in [1.807, 2.05) is 0 Å². The third-order valence-corrected chi connectivity index (χ3v) is 3.60. The van der Waals surface area contributed by atoms with Crippen molar-refractivity contribution in [1.29, 1.82) is 0 Å². The van der Waals surface area contributed by atoms with E-state index in [0.717, 1.165) is 12.5 Å². The van der Waals surface area contributed by atoms with Gasteiger partial charge in [0.25, 0.3) is 0 Å². The molecular formula is C15H33N. The van der Waals surface area contributed by atoms with E-state index in [1.165, 1.54) is 70.6 Å². The molecule has 98 valence electrons. The molecule has 0 aliphatic heterocycles. The second-order valence-corrected chi connectivity index (χ2v) is 5.27. The van der Waals surface area contributed by atoms with Crippen molar-refractivity contribution in [3.63, 3.8) is 0 Å². The topological polar surface area (TPSA) is 26.0 Å². The standard InChI is InChI=1S/C15H33N/c1-3-15(2)13-11-9-7-5-4-6-8-10-12-14-16/h15H,3-14,16H2,1-2H3. The van der Waals surface area contributed by atoms with Gasteiger partial charge in [-0.3, -0.25) is 0 Å². The summed E-state index contributed by atoms with van der Waals surface area (Å²) in [5, 5.41) is 0. The van der Waals surface area contributed by atoms with Crippen LogP contribution in [0.4, 0.5) is 0 Å². The Hall–Kier alpha value is -0.0400. The summed E-state index contributed by atoms with van der Waals surface area (Å²) in [4.78, 5) is 0. The Balaban J connectivity index is 2.93. The van der Waals surface area contributed by atoms with E-state index < -0.39 is 0 Å². The normalized spacial score (nSPS) is 12.9. The Morgan fingerprint density at radius 2 is 1.19 bits per heavy atom. The van der Waals surface area contributed by atoms with Crippen molar-refractivity contribution in [3.05, 3.63) is 0 Å². The minimum absolute atomic E-state index is 0.871. The molecule has 0 bridgehead atoms. The van der Waals surface area contributed by atoms with Gasteiger partial charge in [0.05, 0.1) is 0 Å². The summed E-state index contributed by atoms with van der Waals surface area (Å²) in [5.74, 6) is 0.941. The summed E-state index contributed by atoms with van der Waals surface area (Å²) in [6.45, 7) is 5.54. The Morgan fingerprint density at radius 1 is 0.750 bits per heavy atom. The zero-order valence-corrected chi connectivity index (χ0v) is 11.6. The molecule has 0 aromatic carbocycles. The molecule has 0 fully saturated rings. The molecule has 0 saturated heterocycles. The van der Waals surface area contributed by atoms with E-state index in [9.17, 15) is 0 Å². The predicted molar refractivity (Wildman–Crippen MR) is 74.7 cm³/mol. The molecule has 1 heteroatoms. The second-order valence-electron chi connectivity index (χ2n) is 5.27. The summed E-state index contributed by atoms with van der Waals surface area (Å²) in [6.07, 6.45) is 15.4. The van der Waals surface area contributed by atoms with Gasteiger partial charge < -0.3 is 5.73 Å². The van der Waals surface area contributed by atoms with E-state index in [0.29, 0.717) is 0 Å². The number of nitrogens with two attached hydrogens (primary N) is 1. The van der Waals surface area contributed by atoms with E-state index in [1.54, 1.807) is 0 Å². The van der Waals surface area contributed by atoms with Crippen LogP contribution in [0.15, 0.2) is 0 Å². The number of unbranched alkanes of at least 4 members (excludes halogenated alkanes) is 8. The van der Waals surface area contributed by atoms with Crippen molar-refractivity contribution in [2.75, 3.05) is 6.54 Å². The van der Waals surface area contributed by atoms with Gasteiger partial charge >= 0.3 is 0 Å². The van der Waals surface area contributed by atoms with Crippen molar-refractivity contribution in [1.82, 2.24) is 0 Å². The fraction of sp³-hybridized carbons (Fsp3) is 1.00. The van der Waals surface area contributed by atoms with E-state index in [-0.39, 0.29) is 0 Å². The molecule has 0 aromatic heterocycles. The fourth-order valence-electron chi connectivity index (χ4n) is 2.08. The van der Waals surface area contributed by atoms with Crippen molar-refractivity contribution in [3.8, 4) is 0 Å². The lowest BCUT2D eigenvalue weighted by Gasteiger charge is -2.07. The molecule has 0 amide bonds. The molecule has 0 heterocycles. The monoisotopic (exact) mass is 227 g/mol. The van der Waals surface area contributed by atoms with Gasteiger partial charge in [0.15, 0.2) is 0 Å². The van der Waals surface area contributed by atoms with Gasteiger partial charge in [0.2, 0.25) is 0 Å². The average molecular weight is 227 g/mol. The molecular weight excluding hydrogens is 194 g/mol. The second kappa shape index (κ2) is 13.0. The first-order chi connectivity index (χ1) is 7.81. The Morgan fingerprint density at radius 3 is 1.62 bits per heavy atom. The van der Waals surface area contributed by atoms with Crippen LogP contribution in [0, 0.1) is 5.92 Å². The highest BCUT2D eigenvalue weighted by Gasteiger charge is 1.98. The maximum atomic E-state index is 5.46. The average Bonchev–Trinajstić information content (AvgIpc) is 2.31. The predicted octanol–water partition coefficient (Wildman–Crippen LogP) is 4.89. The van der Waals surface area contributed by atoms with Crippen molar-refractivity contribution in [2.45, 2.75) is 84.5 Å². The van der Waals surface area contributed by atoms with Crippen molar-refractivity contribution >= 4 is 0 Å². The Kier molecular flexibility index (Phi) is 13.0. The van der Waals surface area contributed by atoms with Gasteiger partial charge in [0, 0.05) is 0 Å². The van der Waals surface area contributed by atoms with Gasteiger partial charge in [-0.1, -0.05) is 78.1 Å². The molecule has 0 aromatic rings. The molecule has 0 radical (unpaired) electrons. The minimum atomic E-state index is 0.871. The van der Waals surface area contributed by atoms with Crippen molar-refractivity contribution < 1.29 is 0 Å². The first-order valence-electron chi connectivity index (χ1n) is 7.51. The molecule has 0 rings (SSSR count). The molecule has 0 saturated carbocycles. The summed E-state index contributed by atoms with van der Waals surface area (Å²) >= 11 is 0. The number of hydrogen-bond donors (Lipinski definition) is 1. The number of hydrogen-bond acceptors (Lipinski definition) is 1. The van der Waals surface area contributed by atoms with Crippen LogP contribution in [-0.4, -0.2) is 6.54 Å². The number of rotatable bonds is 12. The maximum Gasteiger partial charge on any atom is -0.00773 e. The summed E-state index contributed by atoms with van der Waals surface area (Å²) in [5.41, 5.74) is 5.46. The zero-order valence-electron chi connectivity index (χ0n) is 11.6. The summed E-state index contributed by atoms with van der Waals surface area (Å²) in [6, 6.07) is 0. The lowest BCUT2D eigenvalue weighted by Crippen LogP contribution is -1.97. The highest BCUT2D eigenvalue weighted by atomic mass is 14.5. The first-order valence-corrected chi connectivity index (χ1v) is 7.51. The van der Waals surface area contributed by atoms with Crippen molar-refractivity contribution in [2.24, 2.45) is 11.7 Å². The van der Waals surface area contributed by atoms with Crippen LogP contribution < -0.4 is 5.73 Å². The highest BCUT2D eigenvalue weighted by Crippen LogP contribution is 2.14. The van der Waals surface area contributed by atoms with Gasteiger partial charge in [-0.2, -0.15) is 0 Å². The molecule has 0 aliphatic rings. The molecule has 2 N–H and O–H groups in total. The molecule has 0 spiro atoms. The summed E-state index contributed by atoms with van der Waals surface area (Å²) < 4.78 is 0. The van der Waals surface area contributed by atoms with Crippen LogP contribution in [-0.2, 0) is 0 Å².